The van der Waals surface area contributed by atoms with E-state index in [0.717, 1.165) is 25.6 Å². The van der Waals surface area contributed by atoms with Crippen LogP contribution >= 0.6 is 0 Å². The molecule has 0 saturated carbocycles. The van der Waals surface area contributed by atoms with Crippen molar-refractivity contribution in [1.82, 2.24) is 10.2 Å². The Kier molecular flexibility index (Phi) is 7.52. The van der Waals surface area contributed by atoms with Crippen LogP contribution in [0.2, 0.25) is 0 Å². The Balaban J connectivity index is 2.42. The van der Waals surface area contributed by atoms with Gasteiger partial charge in [-0.2, -0.15) is 0 Å². The summed E-state index contributed by atoms with van der Waals surface area (Å²) in [5.41, 5.74) is -0.788. The van der Waals surface area contributed by atoms with Crippen LogP contribution in [0, 0.1) is 5.92 Å². The maximum Gasteiger partial charge on any atom is 0.323 e. The molecule has 1 aliphatic heterocycles. The molecule has 4 heteroatoms. The molecule has 2 N–H and O–H groups in total. The average molecular weight is 284 g/mol. The summed E-state index contributed by atoms with van der Waals surface area (Å²) in [5, 5.41) is 12.5. The minimum absolute atomic E-state index is 0.675. The summed E-state index contributed by atoms with van der Waals surface area (Å²) >= 11 is 0. The molecule has 1 fully saturated rings. The lowest BCUT2D eigenvalue weighted by Gasteiger charge is -2.29. The maximum atomic E-state index is 11.4. The van der Waals surface area contributed by atoms with Crippen molar-refractivity contribution < 1.29 is 9.90 Å². The molecule has 0 aromatic heterocycles. The molecule has 2 atom stereocenters. The van der Waals surface area contributed by atoms with Crippen molar-refractivity contribution in [3.63, 3.8) is 0 Å². The zero-order chi connectivity index (χ0) is 15.0. The van der Waals surface area contributed by atoms with E-state index in [4.69, 9.17) is 0 Å². The van der Waals surface area contributed by atoms with E-state index in [0.29, 0.717) is 13.0 Å². The number of carboxylic acid groups (broad SMARTS) is 1. The highest BCUT2D eigenvalue weighted by molar-refractivity contribution is 5.78. The molecule has 0 spiro atoms. The van der Waals surface area contributed by atoms with Gasteiger partial charge in [-0.1, -0.05) is 26.7 Å². The van der Waals surface area contributed by atoms with Crippen molar-refractivity contribution in [2.75, 3.05) is 26.2 Å². The molecule has 1 heterocycles. The molecule has 1 aliphatic rings. The molecular formula is C16H32N2O2. The largest absolute Gasteiger partial charge is 0.480 e. The van der Waals surface area contributed by atoms with Gasteiger partial charge in [-0.05, 0) is 58.2 Å². The molecule has 118 valence electrons. The van der Waals surface area contributed by atoms with Crippen molar-refractivity contribution in [2.24, 2.45) is 5.92 Å². The minimum Gasteiger partial charge on any atom is -0.480 e. The van der Waals surface area contributed by atoms with E-state index in [1.165, 1.54) is 32.1 Å². The molecule has 0 radical (unpaired) electrons. The van der Waals surface area contributed by atoms with E-state index in [2.05, 4.69) is 17.1 Å². The summed E-state index contributed by atoms with van der Waals surface area (Å²) in [5.74, 6) is 0.141. The van der Waals surface area contributed by atoms with Crippen LogP contribution in [-0.4, -0.2) is 47.7 Å². The monoisotopic (exact) mass is 284 g/mol. The van der Waals surface area contributed by atoms with Crippen LogP contribution in [-0.2, 0) is 4.79 Å². The first-order valence-electron chi connectivity index (χ1n) is 8.22. The van der Waals surface area contributed by atoms with Crippen molar-refractivity contribution >= 4 is 5.97 Å². The summed E-state index contributed by atoms with van der Waals surface area (Å²) in [6.45, 7) is 9.86. The van der Waals surface area contributed by atoms with Gasteiger partial charge in [0.1, 0.15) is 5.54 Å². The van der Waals surface area contributed by atoms with Gasteiger partial charge in [0, 0.05) is 6.54 Å². The lowest BCUT2D eigenvalue weighted by molar-refractivity contribution is -0.144. The van der Waals surface area contributed by atoms with E-state index in [9.17, 15) is 9.90 Å². The molecule has 0 bridgehead atoms. The van der Waals surface area contributed by atoms with E-state index in [1.807, 2.05) is 6.92 Å². The number of carboxylic acids is 1. The summed E-state index contributed by atoms with van der Waals surface area (Å²) in [4.78, 5) is 13.9. The zero-order valence-electron chi connectivity index (χ0n) is 13.5. The highest BCUT2D eigenvalue weighted by Crippen LogP contribution is 2.22. The highest BCUT2D eigenvalue weighted by Gasteiger charge is 2.32. The average Bonchev–Trinajstić information content (AvgIpc) is 2.63. The number of nitrogens with zero attached hydrogens (tertiary/aromatic N) is 1. The van der Waals surface area contributed by atoms with Gasteiger partial charge in [0.2, 0.25) is 0 Å². The van der Waals surface area contributed by atoms with Crippen LogP contribution < -0.4 is 5.32 Å². The van der Waals surface area contributed by atoms with Gasteiger partial charge in [0.05, 0.1) is 0 Å². The lowest BCUT2D eigenvalue weighted by atomic mass is 9.96. The summed E-state index contributed by atoms with van der Waals surface area (Å²) in [6, 6.07) is 0. The van der Waals surface area contributed by atoms with E-state index >= 15 is 0 Å². The Labute approximate surface area is 123 Å². The molecule has 0 aromatic rings. The number of nitrogens with one attached hydrogen (secondary N) is 1. The number of likely N-dealkylation sites (N-methyl/N-ethyl adjacent to an activating group) is 1. The second kappa shape index (κ2) is 8.63. The number of likely N-dealkylation sites (tertiary alicyclic amines) is 1. The van der Waals surface area contributed by atoms with Gasteiger partial charge < -0.3 is 15.3 Å². The lowest BCUT2D eigenvalue weighted by Crippen LogP contribution is -2.51. The summed E-state index contributed by atoms with van der Waals surface area (Å²) < 4.78 is 0. The van der Waals surface area contributed by atoms with Gasteiger partial charge in [-0.3, -0.25) is 4.79 Å². The predicted octanol–water partition coefficient (Wildman–Crippen LogP) is 2.73. The number of carbonyl (C=O) groups is 1. The van der Waals surface area contributed by atoms with Gasteiger partial charge in [-0.25, -0.2) is 0 Å². The van der Waals surface area contributed by atoms with Crippen molar-refractivity contribution in [3.05, 3.63) is 0 Å². The molecule has 1 saturated heterocycles. The van der Waals surface area contributed by atoms with Gasteiger partial charge in [0.15, 0.2) is 0 Å². The number of hydrogen-bond donors (Lipinski definition) is 2. The molecule has 4 nitrogen and oxygen atoms in total. The Morgan fingerprint density at radius 2 is 2.10 bits per heavy atom. The molecule has 2 unspecified atom stereocenters. The number of rotatable bonds is 8. The second-order valence-corrected chi connectivity index (χ2v) is 6.34. The SMILES string of the molecule is CCCC1CCCN(CCC(C)(NCC)C(=O)O)CC1. The fourth-order valence-corrected chi connectivity index (χ4v) is 3.19. The van der Waals surface area contributed by atoms with E-state index < -0.39 is 11.5 Å². The van der Waals surface area contributed by atoms with Crippen LogP contribution in [0.3, 0.4) is 0 Å². The van der Waals surface area contributed by atoms with Crippen LogP contribution in [0.15, 0.2) is 0 Å². The first-order chi connectivity index (χ1) is 9.51. The third-order valence-electron chi connectivity index (χ3n) is 4.60. The Morgan fingerprint density at radius 1 is 1.35 bits per heavy atom. The van der Waals surface area contributed by atoms with Crippen molar-refractivity contribution in [1.29, 1.82) is 0 Å². The Hall–Kier alpha value is -0.610. The van der Waals surface area contributed by atoms with Crippen molar-refractivity contribution in [2.45, 2.75) is 64.8 Å². The van der Waals surface area contributed by atoms with Crippen molar-refractivity contribution in [3.8, 4) is 0 Å². The van der Waals surface area contributed by atoms with Crippen LogP contribution in [0.5, 0.6) is 0 Å². The predicted molar refractivity (Wildman–Crippen MR) is 83.0 cm³/mol. The van der Waals surface area contributed by atoms with Crippen LogP contribution in [0.4, 0.5) is 0 Å². The second-order valence-electron chi connectivity index (χ2n) is 6.34. The molecular weight excluding hydrogens is 252 g/mol. The van der Waals surface area contributed by atoms with Crippen LogP contribution in [0.1, 0.15) is 59.3 Å². The zero-order valence-corrected chi connectivity index (χ0v) is 13.5. The summed E-state index contributed by atoms with van der Waals surface area (Å²) in [6.07, 6.45) is 7.18. The molecule has 20 heavy (non-hydrogen) atoms. The fraction of sp³-hybridized carbons (Fsp3) is 0.938. The summed E-state index contributed by atoms with van der Waals surface area (Å²) in [7, 11) is 0. The molecule has 0 aliphatic carbocycles. The number of aliphatic carboxylic acids is 1. The van der Waals surface area contributed by atoms with Crippen LogP contribution in [0.25, 0.3) is 0 Å². The minimum atomic E-state index is -0.788. The van der Waals surface area contributed by atoms with E-state index in [1.54, 1.807) is 6.92 Å². The fourth-order valence-electron chi connectivity index (χ4n) is 3.19. The first-order valence-corrected chi connectivity index (χ1v) is 8.22. The Bertz CT molecular complexity index is 296. The first kappa shape index (κ1) is 17.4. The molecule has 0 aromatic carbocycles. The van der Waals surface area contributed by atoms with Gasteiger partial charge in [-0.15, -0.1) is 0 Å². The van der Waals surface area contributed by atoms with Gasteiger partial charge in [0.25, 0.3) is 0 Å². The third-order valence-corrected chi connectivity index (χ3v) is 4.60. The molecule has 1 rings (SSSR count). The topological polar surface area (TPSA) is 52.6 Å². The smallest absolute Gasteiger partial charge is 0.323 e. The van der Waals surface area contributed by atoms with E-state index in [-0.39, 0.29) is 0 Å². The third kappa shape index (κ3) is 5.41. The molecule has 0 amide bonds. The maximum absolute atomic E-state index is 11.4. The van der Waals surface area contributed by atoms with Gasteiger partial charge >= 0.3 is 5.97 Å². The quantitative estimate of drug-likeness (QED) is 0.719. The standard InChI is InChI=1S/C16H32N2O2/c1-4-7-14-8-6-11-18(12-9-14)13-10-16(3,15(19)20)17-5-2/h14,17H,4-13H2,1-3H3,(H,19,20). The highest BCUT2D eigenvalue weighted by atomic mass is 16.4. The Morgan fingerprint density at radius 3 is 2.70 bits per heavy atom. The normalized spacial score (nSPS) is 24.1. The number of hydrogen-bond acceptors (Lipinski definition) is 3.